The van der Waals surface area contributed by atoms with Crippen LogP contribution >= 0.6 is 35.7 Å². The molecule has 1 aliphatic carbocycles. The minimum atomic E-state index is 0. The van der Waals surface area contributed by atoms with Gasteiger partial charge in [0.05, 0.1) is 13.2 Å². The van der Waals surface area contributed by atoms with Gasteiger partial charge in [0.2, 0.25) is 0 Å². The Morgan fingerprint density at radius 2 is 1.93 bits per heavy atom. The van der Waals surface area contributed by atoms with Crippen LogP contribution in [0.1, 0.15) is 32.1 Å². The zero-order valence-electron chi connectivity index (χ0n) is 16.9. The first-order chi connectivity index (χ1) is 12.7. The molecule has 158 valence electrons. The van der Waals surface area contributed by atoms with E-state index in [1.165, 1.54) is 37.2 Å². The summed E-state index contributed by atoms with van der Waals surface area (Å²) in [5, 5.41) is 7.24. The van der Waals surface area contributed by atoms with Crippen LogP contribution < -0.4 is 10.6 Å². The number of morpholine rings is 1. The fraction of sp³-hybridized carbons (Fsp3) is 0.947. The summed E-state index contributed by atoms with van der Waals surface area (Å²) in [6.45, 7) is 6.64. The number of halogens is 1. The van der Waals surface area contributed by atoms with Crippen LogP contribution in [0.3, 0.4) is 0 Å². The second kappa shape index (κ2) is 11.4. The lowest BCUT2D eigenvalue weighted by Gasteiger charge is -2.44. The van der Waals surface area contributed by atoms with Crippen LogP contribution in [-0.2, 0) is 9.47 Å². The van der Waals surface area contributed by atoms with E-state index in [0.29, 0.717) is 5.41 Å². The Hall–Kier alpha value is 0.230. The maximum absolute atomic E-state index is 5.56. The molecule has 0 radical (unpaired) electrons. The van der Waals surface area contributed by atoms with Crippen LogP contribution in [0.2, 0.25) is 0 Å². The molecule has 0 amide bonds. The molecule has 2 aliphatic heterocycles. The van der Waals surface area contributed by atoms with Gasteiger partial charge in [-0.15, -0.1) is 24.0 Å². The zero-order chi connectivity index (χ0) is 18.3. The Bertz CT molecular complexity index is 465. The Kier molecular flexibility index (Phi) is 9.95. The normalized spacial score (nSPS) is 28.3. The topological polar surface area (TPSA) is 58.1 Å². The summed E-state index contributed by atoms with van der Waals surface area (Å²) in [5.74, 6) is 3.40. The molecule has 3 fully saturated rings. The number of ether oxygens (including phenoxy) is 2. The average molecular weight is 513 g/mol. The third-order valence-corrected chi connectivity index (χ3v) is 7.69. The Morgan fingerprint density at radius 1 is 1.19 bits per heavy atom. The van der Waals surface area contributed by atoms with E-state index < -0.39 is 0 Å². The zero-order valence-corrected chi connectivity index (χ0v) is 20.1. The van der Waals surface area contributed by atoms with Gasteiger partial charge in [0, 0.05) is 58.2 Å². The van der Waals surface area contributed by atoms with Gasteiger partial charge in [-0.05, 0) is 36.9 Å². The standard InChI is InChI=1S/C19H36N4O2S.HI/c1-20-17(21-14-18(4-3-5-18)6-10-24-2)22-15-19(7-13-26-16-19)23-8-11-25-12-9-23;/h3-16H2,1-2H3,(H2,20,21,22);1H. The van der Waals surface area contributed by atoms with E-state index in [1.807, 2.05) is 7.05 Å². The molecule has 2 saturated heterocycles. The van der Waals surface area contributed by atoms with E-state index >= 15 is 0 Å². The lowest BCUT2D eigenvalue weighted by molar-refractivity contribution is -0.0120. The maximum atomic E-state index is 5.56. The monoisotopic (exact) mass is 512 g/mol. The van der Waals surface area contributed by atoms with Crippen molar-refractivity contribution in [1.29, 1.82) is 0 Å². The van der Waals surface area contributed by atoms with Crippen LogP contribution in [0, 0.1) is 5.41 Å². The summed E-state index contributed by atoms with van der Waals surface area (Å²) in [7, 11) is 3.67. The van der Waals surface area contributed by atoms with Gasteiger partial charge in [-0.25, -0.2) is 0 Å². The van der Waals surface area contributed by atoms with Crippen LogP contribution in [0.15, 0.2) is 4.99 Å². The van der Waals surface area contributed by atoms with E-state index in [1.54, 1.807) is 7.11 Å². The van der Waals surface area contributed by atoms with Gasteiger partial charge in [0.15, 0.2) is 5.96 Å². The molecule has 0 aromatic rings. The van der Waals surface area contributed by atoms with Gasteiger partial charge in [0.1, 0.15) is 0 Å². The number of hydrogen-bond donors (Lipinski definition) is 2. The third-order valence-electron chi connectivity index (χ3n) is 6.45. The molecule has 0 aromatic carbocycles. The van der Waals surface area contributed by atoms with Gasteiger partial charge in [0.25, 0.3) is 0 Å². The van der Waals surface area contributed by atoms with Crippen molar-refractivity contribution in [3.05, 3.63) is 0 Å². The highest BCUT2D eigenvalue weighted by atomic mass is 127. The number of aliphatic imine (C=N–C) groups is 1. The van der Waals surface area contributed by atoms with Crippen molar-refractivity contribution in [1.82, 2.24) is 15.5 Å². The first kappa shape index (κ1) is 23.5. The van der Waals surface area contributed by atoms with Crippen molar-refractivity contribution < 1.29 is 9.47 Å². The quantitative estimate of drug-likeness (QED) is 0.296. The van der Waals surface area contributed by atoms with Crippen molar-refractivity contribution in [3.63, 3.8) is 0 Å². The molecule has 2 heterocycles. The van der Waals surface area contributed by atoms with E-state index in [9.17, 15) is 0 Å². The highest BCUT2D eigenvalue weighted by molar-refractivity contribution is 14.0. The smallest absolute Gasteiger partial charge is 0.191 e. The third kappa shape index (κ3) is 6.10. The SMILES string of the molecule is CN=C(NCC1(CCOC)CCC1)NCC1(N2CCOCC2)CCSC1.I. The summed E-state index contributed by atoms with van der Waals surface area (Å²) in [5.41, 5.74) is 0.648. The number of nitrogens with zero attached hydrogens (tertiary/aromatic N) is 2. The molecule has 6 nitrogen and oxygen atoms in total. The molecule has 8 heteroatoms. The number of hydrogen-bond acceptors (Lipinski definition) is 5. The van der Waals surface area contributed by atoms with Gasteiger partial charge < -0.3 is 20.1 Å². The minimum Gasteiger partial charge on any atom is -0.385 e. The van der Waals surface area contributed by atoms with Crippen molar-refractivity contribution in [2.24, 2.45) is 10.4 Å². The van der Waals surface area contributed by atoms with Gasteiger partial charge in [-0.3, -0.25) is 9.89 Å². The predicted octanol–water partition coefficient (Wildman–Crippen LogP) is 2.18. The molecule has 1 atom stereocenters. The maximum Gasteiger partial charge on any atom is 0.191 e. The lowest BCUT2D eigenvalue weighted by Crippen LogP contribution is -2.60. The van der Waals surface area contributed by atoms with E-state index in [-0.39, 0.29) is 29.5 Å². The highest BCUT2D eigenvalue weighted by Crippen LogP contribution is 2.43. The van der Waals surface area contributed by atoms with Crippen LogP contribution in [0.5, 0.6) is 0 Å². The molecule has 1 unspecified atom stereocenters. The first-order valence-corrected chi connectivity index (χ1v) is 11.2. The molecule has 2 N–H and O–H groups in total. The Morgan fingerprint density at radius 3 is 2.48 bits per heavy atom. The fourth-order valence-corrected chi connectivity index (χ4v) is 5.86. The molecule has 3 rings (SSSR count). The fourth-order valence-electron chi connectivity index (χ4n) is 4.39. The Balaban J connectivity index is 0.00000261. The van der Waals surface area contributed by atoms with Crippen molar-refractivity contribution in [2.75, 3.05) is 71.7 Å². The summed E-state index contributed by atoms with van der Waals surface area (Å²) >= 11 is 2.08. The molecule has 0 aromatic heterocycles. The summed E-state index contributed by atoms with van der Waals surface area (Å²) in [4.78, 5) is 7.12. The number of thioether (sulfide) groups is 1. The van der Waals surface area contributed by atoms with Crippen molar-refractivity contribution in [2.45, 2.75) is 37.6 Å². The van der Waals surface area contributed by atoms with E-state index in [4.69, 9.17) is 9.47 Å². The highest BCUT2D eigenvalue weighted by Gasteiger charge is 2.41. The molecule has 0 bridgehead atoms. The first-order valence-electron chi connectivity index (χ1n) is 10.1. The average Bonchev–Trinajstić information content (AvgIpc) is 3.14. The summed E-state index contributed by atoms with van der Waals surface area (Å²) in [6, 6.07) is 0. The predicted molar refractivity (Wildman–Crippen MR) is 125 cm³/mol. The van der Waals surface area contributed by atoms with Crippen LogP contribution in [-0.4, -0.2) is 88.1 Å². The molecule has 27 heavy (non-hydrogen) atoms. The molecular formula is C19H37IN4O2S. The van der Waals surface area contributed by atoms with E-state index in [0.717, 1.165) is 58.4 Å². The van der Waals surface area contributed by atoms with Gasteiger partial charge >= 0.3 is 0 Å². The van der Waals surface area contributed by atoms with Crippen LogP contribution in [0.4, 0.5) is 0 Å². The largest absolute Gasteiger partial charge is 0.385 e. The molecular weight excluding hydrogens is 475 g/mol. The second-order valence-electron chi connectivity index (χ2n) is 8.00. The summed E-state index contributed by atoms with van der Waals surface area (Å²) in [6.07, 6.45) is 6.33. The second-order valence-corrected chi connectivity index (χ2v) is 9.11. The lowest BCUT2D eigenvalue weighted by atomic mass is 9.67. The molecule has 1 saturated carbocycles. The van der Waals surface area contributed by atoms with Crippen LogP contribution in [0.25, 0.3) is 0 Å². The van der Waals surface area contributed by atoms with Gasteiger partial charge in [-0.1, -0.05) is 6.42 Å². The molecule has 0 spiro atoms. The Labute approximate surface area is 186 Å². The minimum absolute atomic E-state index is 0. The molecule has 3 aliphatic rings. The number of guanidine groups is 1. The number of rotatable bonds is 8. The number of methoxy groups -OCH3 is 1. The van der Waals surface area contributed by atoms with Crippen molar-refractivity contribution in [3.8, 4) is 0 Å². The summed E-state index contributed by atoms with van der Waals surface area (Å²) < 4.78 is 10.9. The van der Waals surface area contributed by atoms with E-state index in [2.05, 4.69) is 32.3 Å². The number of nitrogens with one attached hydrogen (secondary N) is 2. The van der Waals surface area contributed by atoms with Gasteiger partial charge in [-0.2, -0.15) is 11.8 Å². The van der Waals surface area contributed by atoms with Crippen molar-refractivity contribution >= 4 is 41.7 Å².